The van der Waals surface area contributed by atoms with E-state index in [0.717, 1.165) is 4.90 Å². The van der Waals surface area contributed by atoms with E-state index in [1.54, 1.807) is 6.92 Å². The van der Waals surface area contributed by atoms with Gasteiger partial charge in [0.2, 0.25) is 11.8 Å². The average Bonchev–Trinajstić information content (AvgIpc) is 2.66. The van der Waals surface area contributed by atoms with E-state index in [4.69, 9.17) is 5.11 Å². The number of nitrogens with zero attached hydrogens (tertiary/aromatic N) is 1. The molecule has 12 heteroatoms. The summed E-state index contributed by atoms with van der Waals surface area (Å²) in [5.41, 5.74) is 0.841. The minimum Gasteiger partial charge on any atom is -0.396 e. The Labute approximate surface area is 215 Å². The number of hydrogen-bond acceptors (Lipinski definition) is 6. The maximum atomic E-state index is 13.2. The highest BCUT2D eigenvalue weighted by molar-refractivity contribution is 14.1. The summed E-state index contributed by atoms with van der Waals surface area (Å²) in [5, 5.41) is 34.4. The van der Waals surface area contributed by atoms with Crippen molar-refractivity contribution in [2.75, 3.05) is 17.2 Å². The Balaban J connectivity index is 3.68. The highest BCUT2D eigenvalue weighted by Gasteiger charge is 2.32. The molecule has 0 fully saturated rings. The van der Waals surface area contributed by atoms with Crippen molar-refractivity contribution < 1.29 is 29.7 Å². The molecule has 5 N–H and O–H groups in total. The first-order valence-corrected chi connectivity index (χ1v) is 12.3. The molecule has 0 saturated heterocycles. The number of halogens is 3. The second-order valence-electron chi connectivity index (χ2n) is 6.32. The van der Waals surface area contributed by atoms with Crippen LogP contribution in [0.25, 0.3) is 0 Å². The van der Waals surface area contributed by atoms with Crippen molar-refractivity contribution in [2.24, 2.45) is 0 Å². The van der Waals surface area contributed by atoms with Crippen molar-refractivity contribution in [3.05, 3.63) is 16.3 Å². The molecule has 1 aromatic carbocycles. The van der Waals surface area contributed by atoms with Gasteiger partial charge >= 0.3 is 0 Å². The Kier molecular flexibility index (Phi) is 11.7. The number of rotatable bonds is 9. The Bertz CT molecular complexity index is 809. The fourth-order valence-corrected chi connectivity index (χ4v) is 6.69. The van der Waals surface area contributed by atoms with Crippen LogP contribution in [0.4, 0.5) is 11.4 Å². The van der Waals surface area contributed by atoms with E-state index < -0.39 is 18.4 Å². The molecular weight excluding hydrogens is 735 g/mol. The van der Waals surface area contributed by atoms with Gasteiger partial charge in [0.15, 0.2) is 0 Å². The van der Waals surface area contributed by atoms with Gasteiger partial charge in [-0.25, -0.2) is 0 Å². The van der Waals surface area contributed by atoms with Gasteiger partial charge in [0.25, 0.3) is 5.91 Å². The van der Waals surface area contributed by atoms with Crippen molar-refractivity contribution in [3.8, 4) is 0 Å². The van der Waals surface area contributed by atoms with Gasteiger partial charge in [-0.3, -0.25) is 19.3 Å². The molecule has 0 spiro atoms. The van der Waals surface area contributed by atoms with E-state index in [-0.39, 0.29) is 43.2 Å². The van der Waals surface area contributed by atoms with Crippen molar-refractivity contribution in [1.29, 1.82) is 0 Å². The maximum absolute atomic E-state index is 13.2. The van der Waals surface area contributed by atoms with Gasteiger partial charge in [-0.15, -0.1) is 0 Å². The fourth-order valence-electron chi connectivity index (χ4n) is 2.52. The number of carbonyl (C=O) groups excluding carboxylic acids is 3. The van der Waals surface area contributed by atoms with Gasteiger partial charge in [0, 0.05) is 19.4 Å². The zero-order valence-corrected chi connectivity index (χ0v) is 23.1. The average molecular weight is 759 g/mol. The molecule has 0 radical (unpaired) electrons. The zero-order valence-electron chi connectivity index (χ0n) is 16.6. The van der Waals surface area contributed by atoms with Crippen LogP contribution in [0.5, 0.6) is 0 Å². The third kappa shape index (κ3) is 6.85. The summed E-state index contributed by atoms with van der Waals surface area (Å²) in [6.45, 7) is 4.27. The molecule has 2 unspecified atom stereocenters. The maximum Gasteiger partial charge on any atom is 0.260 e. The molecule has 9 nitrogen and oxygen atoms in total. The summed E-state index contributed by atoms with van der Waals surface area (Å²) in [5.74, 6) is -1.27. The van der Waals surface area contributed by atoms with Crippen LogP contribution >= 0.6 is 67.8 Å². The lowest BCUT2D eigenvalue weighted by Crippen LogP contribution is -2.45. The van der Waals surface area contributed by atoms with Crippen LogP contribution in [0.3, 0.4) is 0 Å². The molecule has 0 saturated carbocycles. The molecule has 168 valence electrons. The quantitative estimate of drug-likeness (QED) is 0.194. The lowest BCUT2D eigenvalue weighted by atomic mass is 10.1. The summed E-state index contributed by atoms with van der Waals surface area (Å²) >= 11 is 5.84. The minimum absolute atomic E-state index is 0.0854. The molecular formula is C18H24I3N3O6. The molecule has 0 aliphatic rings. The van der Waals surface area contributed by atoms with Crippen molar-refractivity contribution in [3.63, 3.8) is 0 Å². The molecule has 2 atom stereocenters. The minimum atomic E-state index is -1.26. The molecule has 3 amide bonds. The van der Waals surface area contributed by atoms with Crippen LogP contribution in [-0.2, 0) is 9.59 Å². The summed E-state index contributed by atoms with van der Waals surface area (Å²) in [7, 11) is 0. The molecule has 0 aliphatic carbocycles. The molecule has 0 heterocycles. The van der Waals surface area contributed by atoms with E-state index >= 15 is 0 Å². The number of hydrogen-bond donors (Lipinski definition) is 5. The Hall–Kier alpha value is -0.300. The lowest BCUT2D eigenvalue weighted by Gasteiger charge is -2.30. The van der Waals surface area contributed by atoms with E-state index in [9.17, 15) is 24.6 Å². The second-order valence-corrected chi connectivity index (χ2v) is 9.56. The molecule has 1 aromatic rings. The number of benzene rings is 1. The van der Waals surface area contributed by atoms with Gasteiger partial charge < -0.3 is 26.0 Å². The Morgan fingerprint density at radius 1 is 0.933 bits per heavy atom. The van der Waals surface area contributed by atoms with Crippen LogP contribution in [-0.4, -0.2) is 57.0 Å². The van der Waals surface area contributed by atoms with Crippen LogP contribution in [0, 0.1) is 10.7 Å². The van der Waals surface area contributed by atoms with Gasteiger partial charge in [-0.05, 0) is 88.0 Å². The SMILES string of the molecule is CCC(=O)Nc1c(I)c(NC(=O)CCCO)c(I)c(C(=O)N(C(C)O)C(C)O)c1I. The van der Waals surface area contributed by atoms with Gasteiger partial charge in [0.05, 0.1) is 27.6 Å². The summed E-state index contributed by atoms with van der Waals surface area (Å²) in [6.07, 6.45) is -1.94. The smallest absolute Gasteiger partial charge is 0.260 e. The summed E-state index contributed by atoms with van der Waals surface area (Å²) in [4.78, 5) is 38.5. The van der Waals surface area contributed by atoms with E-state index in [1.807, 2.05) is 67.8 Å². The highest BCUT2D eigenvalue weighted by Crippen LogP contribution is 2.40. The number of nitrogens with one attached hydrogen (secondary N) is 2. The van der Waals surface area contributed by atoms with E-state index in [0.29, 0.717) is 22.1 Å². The standard InChI is InChI=1S/C18H24I3N3O6/c1-4-10(28)22-16-13(19)12(18(30)24(8(2)26)9(3)27)14(20)17(15(16)21)23-11(29)6-5-7-25/h8-9,25-27H,4-7H2,1-3H3,(H,22,28)(H,23,29). The van der Waals surface area contributed by atoms with Gasteiger partial charge in [-0.1, -0.05) is 6.92 Å². The number of aliphatic hydroxyl groups is 3. The zero-order chi connectivity index (χ0) is 23.2. The first kappa shape index (κ1) is 27.7. The third-order valence-corrected chi connectivity index (χ3v) is 7.22. The van der Waals surface area contributed by atoms with Crippen LogP contribution in [0.15, 0.2) is 0 Å². The number of aliphatic hydroxyl groups excluding tert-OH is 3. The first-order valence-electron chi connectivity index (χ1n) is 9.07. The topological polar surface area (TPSA) is 139 Å². The van der Waals surface area contributed by atoms with Gasteiger partial charge in [0.1, 0.15) is 12.5 Å². The third-order valence-electron chi connectivity index (χ3n) is 3.98. The van der Waals surface area contributed by atoms with Crippen molar-refractivity contribution in [2.45, 2.75) is 52.5 Å². The number of amides is 3. The predicted molar refractivity (Wildman–Crippen MR) is 138 cm³/mol. The largest absolute Gasteiger partial charge is 0.396 e. The lowest BCUT2D eigenvalue weighted by molar-refractivity contribution is -0.117. The summed E-state index contributed by atoms with van der Waals surface area (Å²) in [6, 6.07) is 0. The number of anilines is 2. The molecule has 0 bridgehead atoms. The first-order chi connectivity index (χ1) is 14.0. The fraction of sp³-hybridized carbons (Fsp3) is 0.500. The monoisotopic (exact) mass is 759 g/mol. The molecule has 0 aromatic heterocycles. The van der Waals surface area contributed by atoms with E-state index in [1.165, 1.54) is 13.8 Å². The van der Waals surface area contributed by atoms with E-state index in [2.05, 4.69) is 10.6 Å². The number of carbonyl (C=O) groups is 3. The van der Waals surface area contributed by atoms with Crippen LogP contribution in [0.1, 0.15) is 50.4 Å². The van der Waals surface area contributed by atoms with Crippen molar-refractivity contribution in [1.82, 2.24) is 4.90 Å². The highest BCUT2D eigenvalue weighted by atomic mass is 127. The molecule has 30 heavy (non-hydrogen) atoms. The molecule has 0 aliphatic heterocycles. The van der Waals surface area contributed by atoms with Crippen LogP contribution in [0.2, 0.25) is 0 Å². The Morgan fingerprint density at radius 3 is 1.80 bits per heavy atom. The van der Waals surface area contributed by atoms with Crippen molar-refractivity contribution >= 4 is 96.9 Å². The second kappa shape index (κ2) is 12.7. The Morgan fingerprint density at radius 2 is 1.40 bits per heavy atom. The predicted octanol–water partition coefficient (Wildman–Crippen LogP) is 2.68. The molecule has 1 rings (SSSR count). The van der Waals surface area contributed by atoms with Crippen LogP contribution < -0.4 is 10.6 Å². The van der Waals surface area contributed by atoms with Gasteiger partial charge in [-0.2, -0.15) is 0 Å². The normalized spacial score (nSPS) is 12.8. The summed E-state index contributed by atoms with van der Waals surface area (Å²) < 4.78 is 1.37.